The number of aryl methyl sites for hydroxylation is 2. The van der Waals surface area contributed by atoms with Crippen LogP contribution in [0.2, 0.25) is 0 Å². The van der Waals surface area contributed by atoms with E-state index < -0.39 is 5.97 Å². The predicted octanol–water partition coefficient (Wildman–Crippen LogP) is 3.83. The van der Waals surface area contributed by atoms with Crippen molar-refractivity contribution in [3.8, 4) is 17.0 Å². The fourth-order valence-electron chi connectivity index (χ4n) is 3.22. The van der Waals surface area contributed by atoms with Gasteiger partial charge in [-0.3, -0.25) is 4.68 Å². The molecule has 0 amide bonds. The van der Waals surface area contributed by atoms with Crippen molar-refractivity contribution in [3.05, 3.63) is 33.4 Å². The quantitative estimate of drug-likeness (QED) is 0.824. The van der Waals surface area contributed by atoms with Crippen LogP contribution < -0.4 is 4.74 Å². The van der Waals surface area contributed by atoms with E-state index in [2.05, 4.69) is 27.1 Å². The number of carboxylic acid groups (broad SMARTS) is 1. The third-order valence-electron chi connectivity index (χ3n) is 4.37. The summed E-state index contributed by atoms with van der Waals surface area (Å²) >= 11 is 3.70. The lowest BCUT2D eigenvalue weighted by atomic mass is 9.97. The number of benzene rings is 1. The minimum atomic E-state index is -1.03. The summed E-state index contributed by atoms with van der Waals surface area (Å²) in [5.74, 6) is -0.287. The molecule has 1 aliphatic rings. The third-order valence-corrected chi connectivity index (χ3v) is 5.21. The summed E-state index contributed by atoms with van der Waals surface area (Å²) in [6.07, 6.45) is 5.67. The molecule has 2 aromatic rings. The molecule has 1 aromatic heterocycles. The predicted molar refractivity (Wildman–Crippen MR) is 91.1 cm³/mol. The Balaban J connectivity index is 2.21. The Bertz CT molecular complexity index is 768. The molecule has 1 aliphatic carbocycles. The molecule has 0 atom stereocenters. The van der Waals surface area contributed by atoms with Crippen LogP contribution in [0.25, 0.3) is 11.3 Å². The molecule has 0 fully saturated rings. The molecule has 1 aromatic carbocycles. The van der Waals surface area contributed by atoms with Crippen LogP contribution in [0.1, 0.15) is 40.9 Å². The highest BCUT2D eigenvalue weighted by atomic mass is 79.9. The number of fused-ring (bicyclic) bond motifs is 1. The zero-order valence-corrected chi connectivity index (χ0v) is 14.8. The van der Waals surface area contributed by atoms with E-state index in [1.165, 1.54) is 30.4 Å². The van der Waals surface area contributed by atoms with Gasteiger partial charge in [-0.05, 0) is 64.9 Å². The minimum Gasteiger partial charge on any atom is -0.495 e. The van der Waals surface area contributed by atoms with Crippen molar-refractivity contribution in [1.82, 2.24) is 9.78 Å². The number of aromatic nitrogens is 2. The van der Waals surface area contributed by atoms with Gasteiger partial charge in [-0.15, -0.1) is 0 Å². The van der Waals surface area contributed by atoms with E-state index in [-0.39, 0.29) is 5.69 Å². The van der Waals surface area contributed by atoms with Crippen molar-refractivity contribution in [2.24, 2.45) is 7.05 Å². The SMILES string of the molecule is COc1c(-c2cc(C(=O)O)nn2C)cc2c(c1Br)CCCCC2. The second kappa shape index (κ2) is 6.35. The van der Waals surface area contributed by atoms with Crippen molar-refractivity contribution < 1.29 is 14.6 Å². The first-order valence-corrected chi connectivity index (χ1v) is 8.48. The second-order valence-electron chi connectivity index (χ2n) is 5.81. The highest BCUT2D eigenvalue weighted by Crippen LogP contribution is 2.42. The van der Waals surface area contributed by atoms with Crippen molar-refractivity contribution in [2.45, 2.75) is 32.1 Å². The number of hydrogen-bond donors (Lipinski definition) is 1. The van der Waals surface area contributed by atoms with Gasteiger partial charge in [0.25, 0.3) is 0 Å². The maximum Gasteiger partial charge on any atom is 0.356 e. The number of carboxylic acids is 1. The molecule has 0 saturated heterocycles. The molecule has 0 radical (unpaired) electrons. The molecule has 0 aliphatic heterocycles. The number of nitrogens with zero attached hydrogens (tertiary/aromatic N) is 2. The molecule has 5 nitrogen and oxygen atoms in total. The lowest BCUT2D eigenvalue weighted by Gasteiger charge is -2.17. The molecular formula is C17H19BrN2O3. The maximum atomic E-state index is 11.2. The van der Waals surface area contributed by atoms with Crippen molar-refractivity contribution in [2.75, 3.05) is 7.11 Å². The van der Waals surface area contributed by atoms with E-state index in [0.717, 1.165) is 34.3 Å². The Kier molecular flexibility index (Phi) is 4.43. The normalized spacial score (nSPS) is 14.2. The van der Waals surface area contributed by atoms with Gasteiger partial charge in [0.1, 0.15) is 5.75 Å². The van der Waals surface area contributed by atoms with Crippen LogP contribution in [0.5, 0.6) is 5.75 Å². The van der Waals surface area contributed by atoms with Crippen LogP contribution >= 0.6 is 15.9 Å². The van der Waals surface area contributed by atoms with Crippen molar-refractivity contribution >= 4 is 21.9 Å². The highest BCUT2D eigenvalue weighted by molar-refractivity contribution is 9.10. The zero-order chi connectivity index (χ0) is 16.6. The van der Waals surface area contributed by atoms with Gasteiger partial charge in [-0.1, -0.05) is 6.42 Å². The molecule has 122 valence electrons. The van der Waals surface area contributed by atoms with Crippen molar-refractivity contribution in [3.63, 3.8) is 0 Å². The average Bonchev–Trinajstić information content (AvgIpc) is 2.75. The topological polar surface area (TPSA) is 64.3 Å². The van der Waals surface area contributed by atoms with E-state index in [9.17, 15) is 4.79 Å². The first-order valence-electron chi connectivity index (χ1n) is 7.69. The first-order chi connectivity index (χ1) is 11.0. The third kappa shape index (κ3) is 2.87. The Morgan fingerprint density at radius 2 is 2.04 bits per heavy atom. The number of aromatic carboxylic acids is 1. The molecule has 1 N–H and O–H groups in total. The fraction of sp³-hybridized carbons (Fsp3) is 0.412. The summed E-state index contributed by atoms with van der Waals surface area (Å²) in [6.45, 7) is 0. The van der Waals surface area contributed by atoms with E-state index in [1.54, 1.807) is 24.9 Å². The van der Waals surface area contributed by atoms with Crippen LogP contribution in [-0.4, -0.2) is 28.0 Å². The van der Waals surface area contributed by atoms with Crippen molar-refractivity contribution in [1.29, 1.82) is 0 Å². The van der Waals surface area contributed by atoms with Gasteiger partial charge in [0, 0.05) is 12.6 Å². The molecule has 6 heteroatoms. The van der Waals surface area contributed by atoms with Gasteiger partial charge < -0.3 is 9.84 Å². The van der Waals surface area contributed by atoms with Crippen LogP contribution in [0.4, 0.5) is 0 Å². The molecule has 0 unspecified atom stereocenters. The van der Waals surface area contributed by atoms with Crippen LogP contribution in [0.3, 0.4) is 0 Å². The molecule has 23 heavy (non-hydrogen) atoms. The van der Waals surface area contributed by atoms with Gasteiger partial charge in [0.15, 0.2) is 5.69 Å². The Morgan fingerprint density at radius 3 is 2.70 bits per heavy atom. The number of hydrogen-bond acceptors (Lipinski definition) is 3. The summed E-state index contributed by atoms with van der Waals surface area (Å²) in [4.78, 5) is 11.2. The molecular weight excluding hydrogens is 360 g/mol. The molecule has 0 saturated carbocycles. The lowest BCUT2D eigenvalue weighted by molar-refractivity contribution is 0.0689. The number of rotatable bonds is 3. The first kappa shape index (κ1) is 16.1. The summed E-state index contributed by atoms with van der Waals surface area (Å²) in [5.41, 5.74) is 4.28. The smallest absolute Gasteiger partial charge is 0.356 e. The number of halogens is 1. The van der Waals surface area contributed by atoms with Gasteiger partial charge >= 0.3 is 5.97 Å². The molecule has 0 bridgehead atoms. The van der Waals surface area contributed by atoms with E-state index in [4.69, 9.17) is 9.84 Å². The second-order valence-corrected chi connectivity index (χ2v) is 6.61. The molecule has 1 heterocycles. The summed E-state index contributed by atoms with van der Waals surface area (Å²) in [7, 11) is 3.39. The van der Waals surface area contributed by atoms with Gasteiger partial charge in [0.2, 0.25) is 0 Å². The minimum absolute atomic E-state index is 0.0376. The molecule has 0 spiro atoms. The lowest BCUT2D eigenvalue weighted by Crippen LogP contribution is -2.02. The fourth-order valence-corrected chi connectivity index (χ4v) is 4.05. The van der Waals surface area contributed by atoms with Gasteiger partial charge in [-0.2, -0.15) is 5.10 Å². The Labute approximate surface area is 143 Å². The van der Waals surface area contributed by atoms with E-state index >= 15 is 0 Å². The van der Waals surface area contributed by atoms with Crippen LogP contribution in [0, 0.1) is 0 Å². The summed E-state index contributed by atoms with van der Waals surface area (Å²) in [5, 5.41) is 13.2. The Hall–Kier alpha value is -1.82. The standard InChI is InChI=1S/C17H19BrN2O3/c1-20-14(9-13(19-20)17(21)22)12-8-10-6-4-3-5-7-11(10)15(18)16(12)23-2/h8-9H,3-7H2,1-2H3,(H,21,22). The number of methoxy groups -OCH3 is 1. The zero-order valence-electron chi connectivity index (χ0n) is 13.2. The van der Waals surface area contributed by atoms with E-state index in [0.29, 0.717) is 0 Å². The van der Waals surface area contributed by atoms with Crippen LogP contribution in [-0.2, 0) is 19.9 Å². The number of ether oxygens (including phenoxy) is 1. The Morgan fingerprint density at radius 1 is 1.30 bits per heavy atom. The average molecular weight is 379 g/mol. The highest BCUT2D eigenvalue weighted by Gasteiger charge is 2.22. The monoisotopic (exact) mass is 378 g/mol. The van der Waals surface area contributed by atoms with E-state index in [1.807, 2.05) is 0 Å². The van der Waals surface area contributed by atoms with Crippen LogP contribution in [0.15, 0.2) is 16.6 Å². The molecule has 3 rings (SSSR count). The number of carbonyl (C=O) groups is 1. The van der Waals surface area contributed by atoms with Gasteiger partial charge in [0.05, 0.1) is 17.3 Å². The maximum absolute atomic E-state index is 11.2. The summed E-state index contributed by atoms with van der Waals surface area (Å²) in [6, 6.07) is 3.72. The van der Waals surface area contributed by atoms with Gasteiger partial charge in [-0.25, -0.2) is 4.79 Å². The largest absolute Gasteiger partial charge is 0.495 e. The summed E-state index contributed by atoms with van der Waals surface area (Å²) < 4.78 is 8.20.